The largest absolute Gasteiger partial charge is 0.493 e. The molecule has 27 heavy (non-hydrogen) atoms. The predicted octanol–water partition coefficient (Wildman–Crippen LogP) is 1.56. The summed E-state index contributed by atoms with van der Waals surface area (Å²) in [6.45, 7) is 4.93. The Kier molecular flexibility index (Phi) is 6.91. The molecular formula is C18H24IN5O3. The molecule has 4 N–H and O–H groups in total. The Morgan fingerprint density at radius 1 is 1.26 bits per heavy atom. The molecule has 1 aromatic carbocycles. The minimum atomic E-state index is 0.174. The second-order valence-electron chi connectivity index (χ2n) is 6.23. The Labute approximate surface area is 172 Å². The summed E-state index contributed by atoms with van der Waals surface area (Å²) in [6, 6.07) is 4.02. The Morgan fingerprint density at radius 3 is 2.74 bits per heavy atom. The van der Waals surface area contributed by atoms with E-state index in [9.17, 15) is 0 Å². The van der Waals surface area contributed by atoms with Crippen molar-refractivity contribution in [2.75, 3.05) is 58.0 Å². The van der Waals surface area contributed by atoms with Crippen molar-refractivity contribution in [3.63, 3.8) is 0 Å². The molecule has 0 spiro atoms. The molecule has 0 aliphatic carbocycles. The zero-order chi connectivity index (χ0) is 19.2. The zero-order valence-corrected chi connectivity index (χ0v) is 17.4. The number of nitrogens with zero attached hydrogens (tertiary/aromatic N) is 3. The van der Waals surface area contributed by atoms with Crippen molar-refractivity contribution < 1.29 is 14.2 Å². The van der Waals surface area contributed by atoms with Gasteiger partial charge < -0.3 is 25.7 Å². The van der Waals surface area contributed by atoms with E-state index in [1.54, 1.807) is 13.3 Å². The molecule has 1 saturated heterocycles. The fourth-order valence-electron chi connectivity index (χ4n) is 2.91. The topological polar surface area (TPSA) is 109 Å². The van der Waals surface area contributed by atoms with Crippen LogP contribution in [-0.4, -0.2) is 61.4 Å². The molecule has 0 saturated carbocycles. The average molecular weight is 485 g/mol. The second kappa shape index (κ2) is 9.38. The van der Waals surface area contributed by atoms with Gasteiger partial charge in [0.2, 0.25) is 5.95 Å². The van der Waals surface area contributed by atoms with Gasteiger partial charge in [-0.05, 0) is 40.3 Å². The standard InChI is InChI=1S/C18H24IN5O3/c1-25-15-10-12(8-13-11-22-18(21)23-17(13)20)9-14(19)16(15)27-7-4-24-2-5-26-6-3-24/h9-11H,2-8H2,1H3,(H4,20,21,22,23). The lowest BCUT2D eigenvalue weighted by molar-refractivity contribution is 0.0320. The molecule has 0 radical (unpaired) electrons. The van der Waals surface area contributed by atoms with Crippen molar-refractivity contribution in [2.24, 2.45) is 0 Å². The van der Waals surface area contributed by atoms with Crippen molar-refractivity contribution in [1.29, 1.82) is 0 Å². The number of ether oxygens (including phenoxy) is 3. The van der Waals surface area contributed by atoms with Gasteiger partial charge in [0.15, 0.2) is 11.5 Å². The fraction of sp³-hybridized carbons (Fsp3) is 0.444. The van der Waals surface area contributed by atoms with Crippen LogP contribution >= 0.6 is 22.6 Å². The molecule has 2 heterocycles. The maximum absolute atomic E-state index is 6.03. The number of nitrogen functional groups attached to an aromatic ring is 2. The normalized spacial score (nSPS) is 14.9. The summed E-state index contributed by atoms with van der Waals surface area (Å²) in [7, 11) is 1.64. The van der Waals surface area contributed by atoms with Gasteiger partial charge in [-0.3, -0.25) is 4.90 Å². The van der Waals surface area contributed by atoms with Gasteiger partial charge >= 0.3 is 0 Å². The summed E-state index contributed by atoms with van der Waals surface area (Å²) >= 11 is 2.26. The first-order valence-electron chi connectivity index (χ1n) is 8.73. The third-order valence-corrected chi connectivity index (χ3v) is 5.16. The van der Waals surface area contributed by atoms with E-state index in [0.29, 0.717) is 24.6 Å². The highest BCUT2D eigenvalue weighted by Crippen LogP contribution is 2.35. The summed E-state index contributed by atoms with van der Waals surface area (Å²) < 4.78 is 17.9. The third-order valence-electron chi connectivity index (χ3n) is 4.36. The molecule has 146 valence electrons. The van der Waals surface area contributed by atoms with Gasteiger partial charge in [-0.1, -0.05) is 0 Å². The SMILES string of the molecule is COc1cc(Cc2cnc(N)nc2N)cc(I)c1OCCN1CCOCC1. The molecule has 1 aromatic heterocycles. The van der Waals surface area contributed by atoms with Crippen LogP contribution in [0.2, 0.25) is 0 Å². The maximum atomic E-state index is 6.03. The quantitative estimate of drug-likeness (QED) is 0.569. The van der Waals surface area contributed by atoms with Gasteiger partial charge in [-0.2, -0.15) is 4.98 Å². The van der Waals surface area contributed by atoms with E-state index in [-0.39, 0.29) is 5.95 Å². The number of rotatable bonds is 7. The lowest BCUT2D eigenvalue weighted by Crippen LogP contribution is -2.38. The lowest BCUT2D eigenvalue weighted by atomic mass is 10.1. The first-order valence-corrected chi connectivity index (χ1v) is 9.81. The molecule has 0 unspecified atom stereocenters. The van der Waals surface area contributed by atoms with E-state index in [4.69, 9.17) is 25.7 Å². The van der Waals surface area contributed by atoms with Gasteiger partial charge in [0.25, 0.3) is 0 Å². The molecule has 0 atom stereocenters. The van der Waals surface area contributed by atoms with Crippen molar-refractivity contribution >= 4 is 34.4 Å². The number of anilines is 2. The molecule has 1 fully saturated rings. The Hall–Kier alpha value is -1.85. The first kappa shape index (κ1) is 19.9. The van der Waals surface area contributed by atoms with Gasteiger partial charge in [-0.15, -0.1) is 0 Å². The number of aromatic nitrogens is 2. The zero-order valence-electron chi connectivity index (χ0n) is 15.3. The van der Waals surface area contributed by atoms with E-state index >= 15 is 0 Å². The van der Waals surface area contributed by atoms with Crippen molar-refractivity contribution in [3.05, 3.63) is 33.0 Å². The van der Waals surface area contributed by atoms with Gasteiger partial charge in [-0.25, -0.2) is 4.98 Å². The Bertz CT molecular complexity index is 784. The third kappa shape index (κ3) is 5.33. The van der Waals surface area contributed by atoms with Crippen LogP contribution in [0.3, 0.4) is 0 Å². The number of halogens is 1. The molecule has 1 aliphatic rings. The number of methoxy groups -OCH3 is 1. The van der Waals surface area contributed by atoms with Crippen LogP contribution in [0, 0.1) is 3.57 Å². The average Bonchev–Trinajstić information content (AvgIpc) is 2.66. The summed E-state index contributed by atoms with van der Waals surface area (Å²) in [4.78, 5) is 10.4. The minimum absolute atomic E-state index is 0.174. The molecular weight excluding hydrogens is 461 g/mol. The molecule has 3 rings (SSSR count). The van der Waals surface area contributed by atoms with Gasteiger partial charge in [0.1, 0.15) is 12.4 Å². The monoisotopic (exact) mass is 485 g/mol. The van der Waals surface area contributed by atoms with Crippen molar-refractivity contribution in [3.8, 4) is 11.5 Å². The molecule has 0 amide bonds. The highest BCUT2D eigenvalue weighted by molar-refractivity contribution is 14.1. The molecule has 2 aromatic rings. The van der Waals surface area contributed by atoms with E-state index in [0.717, 1.165) is 53.3 Å². The van der Waals surface area contributed by atoms with Crippen LogP contribution in [0.1, 0.15) is 11.1 Å². The first-order chi connectivity index (χ1) is 13.1. The van der Waals surface area contributed by atoms with Crippen molar-refractivity contribution in [2.45, 2.75) is 6.42 Å². The summed E-state index contributed by atoms with van der Waals surface area (Å²) in [6.07, 6.45) is 2.25. The van der Waals surface area contributed by atoms with Crippen LogP contribution in [0.15, 0.2) is 18.3 Å². The number of morpholine rings is 1. The minimum Gasteiger partial charge on any atom is -0.493 e. The van der Waals surface area contributed by atoms with E-state index in [1.807, 2.05) is 6.07 Å². The predicted molar refractivity (Wildman–Crippen MR) is 112 cm³/mol. The van der Waals surface area contributed by atoms with Gasteiger partial charge in [0.05, 0.1) is 23.9 Å². The summed E-state index contributed by atoms with van der Waals surface area (Å²) in [5.41, 5.74) is 13.4. The van der Waals surface area contributed by atoms with Crippen LogP contribution in [-0.2, 0) is 11.2 Å². The summed E-state index contributed by atoms with van der Waals surface area (Å²) in [5.74, 6) is 2.03. The molecule has 9 heteroatoms. The molecule has 1 aliphatic heterocycles. The number of benzene rings is 1. The highest BCUT2D eigenvalue weighted by Gasteiger charge is 2.15. The summed E-state index contributed by atoms with van der Waals surface area (Å²) in [5, 5.41) is 0. The molecule has 8 nitrogen and oxygen atoms in total. The Balaban J connectivity index is 1.68. The maximum Gasteiger partial charge on any atom is 0.221 e. The number of hydrogen-bond donors (Lipinski definition) is 2. The smallest absolute Gasteiger partial charge is 0.221 e. The highest BCUT2D eigenvalue weighted by atomic mass is 127. The number of hydrogen-bond acceptors (Lipinski definition) is 8. The van der Waals surface area contributed by atoms with Crippen LogP contribution < -0.4 is 20.9 Å². The lowest BCUT2D eigenvalue weighted by Gasteiger charge is -2.26. The van der Waals surface area contributed by atoms with Gasteiger partial charge in [0, 0.05) is 37.8 Å². The number of nitrogens with two attached hydrogens (primary N) is 2. The van der Waals surface area contributed by atoms with E-state index in [1.165, 1.54) is 0 Å². The Morgan fingerprint density at radius 2 is 2.04 bits per heavy atom. The van der Waals surface area contributed by atoms with E-state index < -0.39 is 0 Å². The molecule has 0 bridgehead atoms. The van der Waals surface area contributed by atoms with E-state index in [2.05, 4.69) is 43.5 Å². The van der Waals surface area contributed by atoms with Crippen LogP contribution in [0.25, 0.3) is 0 Å². The van der Waals surface area contributed by atoms with Crippen molar-refractivity contribution in [1.82, 2.24) is 14.9 Å². The fourth-order valence-corrected chi connectivity index (χ4v) is 3.73. The van der Waals surface area contributed by atoms with Crippen LogP contribution in [0.4, 0.5) is 11.8 Å². The van der Waals surface area contributed by atoms with Crippen LogP contribution in [0.5, 0.6) is 11.5 Å². The second-order valence-corrected chi connectivity index (χ2v) is 7.39.